The Hall–Kier alpha value is -2.41. The third-order valence-corrected chi connectivity index (χ3v) is 7.13. The number of carbonyl (C=O) groups is 1. The minimum Gasteiger partial charge on any atom is -0.492 e. The van der Waals surface area contributed by atoms with Gasteiger partial charge in [-0.15, -0.1) is 0 Å². The SMILES string of the molecule is Cc1ccc(CCC(OC(=O)[C@@H]2CCCCN2)c2cccc(OCCN3CCOCC3)c2)cc1C. The number of hydrogen-bond acceptors (Lipinski definition) is 6. The van der Waals surface area contributed by atoms with Gasteiger partial charge in [0.05, 0.1) is 13.2 Å². The van der Waals surface area contributed by atoms with E-state index in [1.165, 1.54) is 16.7 Å². The quantitative estimate of drug-likeness (QED) is 0.510. The maximum atomic E-state index is 13.0. The maximum absolute atomic E-state index is 13.0. The summed E-state index contributed by atoms with van der Waals surface area (Å²) < 4.78 is 17.6. The highest BCUT2D eigenvalue weighted by molar-refractivity contribution is 5.76. The normalized spacial score (nSPS) is 19.8. The van der Waals surface area contributed by atoms with Crippen molar-refractivity contribution >= 4 is 5.97 Å². The van der Waals surface area contributed by atoms with E-state index in [0.29, 0.717) is 6.61 Å². The molecule has 2 heterocycles. The average molecular weight is 481 g/mol. The van der Waals surface area contributed by atoms with Gasteiger partial charge in [0, 0.05) is 19.6 Å². The number of nitrogens with zero attached hydrogens (tertiary/aromatic N) is 1. The van der Waals surface area contributed by atoms with E-state index in [-0.39, 0.29) is 18.1 Å². The van der Waals surface area contributed by atoms with E-state index >= 15 is 0 Å². The zero-order valence-electron chi connectivity index (χ0n) is 21.3. The van der Waals surface area contributed by atoms with Crippen LogP contribution in [0.5, 0.6) is 5.75 Å². The van der Waals surface area contributed by atoms with Gasteiger partial charge >= 0.3 is 5.97 Å². The molecule has 2 saturated heterocycles. The molecule has 0 radical (unpaired) electrons. The van der Waals surface area contributed by atoms with Crippen LogP contribution in [0.4, 0.5) is 0 Å². The van der Waals surface area contributed by atoms with Crippen molar-refractivity contribution in [1.82, 2.24) is 10.2 Å². The maximum Gasteiger partial charge on any atom is 0.323 e. The third kappa shape index (κ3) is 7.79. The number of piperidine rings is 1. The molecule has 2 fully saturated rings. The van der Waals surface area contributed by atoms with Crippen LogP contribution in [-0.2, 0) is 20.7 Å². The van der Waals surface area contributed by atoms with Crippen LogP contribution in [0, 0.1) is 13.8 Å². The topological polar surface area (TPSA) is 60.0 Å². The van der Waals surface area contributed by atoms with E-state index in [9.17, 15) is 4.79 Å². The van der Waals surface area contributed by atoms with Gasteiger partial charge in [-0.3, -0.25) is 9.69 Å². The molecule has 6 heteroatoms. The van der Waals surface area contributed by atoms with Crippen LogP contribution in [0.3, 0.4) is 0 Å². The van der Waals surface area contributed by atoms with Crippen molar-refractivity contribution in [2.45, 2.75) is 58.1 Å². The summed E-state index contributed by atoms with van der Waals surface area (Å²) in [4.78, 5) is 15.4. The summed E-state index contributed by atoms with van der Waals surface area (Å²) in [6.45, 7) is 10.1. The van der Waals surface area contributed by atoms with Crippen LogP contribution < -0.4 is 10.1 Å². The molecule has 0 amide bonds. The van der Waals surface area contributed by atoms with Gasteiger partial charge in [-0.1, -0.05) is 36.8 Å². The van der Waals surface area contributed by atoms with Gasteiger partial charge in [0.2, 0.25) is 0 Å². The molecule has 2 aromatic rings. The predicted octanol–water partition coefficient (Wildman–Crippen LogP) is 4.37. The molecule has 0 aliphatic carbocycles. The number of rotatable bonds is 10. The van der Waals surface area contributed by atoms with Crippen LogP contribution in [0.1, 0.15) is 54.0 Å². The molecule has 1 N–H and O–H groups in total. The van der Waals surface area contributed by atoms with Crippen molar-refractivity contribution in [2.75, 3.05) is 46.0 Å². The number of ether oxygens (including phenoxy) is 3. The summed E-state index contributed by atoms with van der Waals surface area (Å²) in [6.07, 6.45) is 4.29. The molecular weight excluding hydrogens is 440 g/mol. The molecule has 35 heavy (non-hydrogen) atoms. The Morgan fingerprint density at radius 3 is 2.74 bits per heavy atom. The first kappa shape index (κ1) is 25.7. The zero-order chi connectivity index (χ0) is 24.5. The summed E-state index contributed by atoms with van der Waals surface area (Å²) in [7, 11) is 0. The van der Waals surface area contributed by atoms with Crippen LogP contribution in [0.2, 0.25) is 0 Å². The lowest BCUT2D eigenvalue weighted by Crippen LogP contribution is -2.41. The van der Waals surface area contributed by atoms with Gasteiger partial charge in [0.1, 0.15) is 24.5 Å². The predicted molar refractivity (Wildman–Crippen MR) is 138 cm³/mol. The monoisotopic (exact) mass is 480 g/mol. The molecule has 2 atom stereocenters. The number of nitrogens with one attached hydrogen (secondary N) is 1. The number of hydrogen-bond donors (Lipinski definition) is 1. The molecule has 190 valence electrons. The largest absolute Gasteiger partial charge is 0.492 e. The van der Waals surface area contributed by atoms with Gasteiger partial charge < -0.3 is 19.5 Å². The molecule has 2 aromatic carbocycles. The van der Waals surface area contributed by atoms with E-state index in [2.05, 4.69) is 42.3 Å². The van der Waals surface area contributed by atoms with E-state index in [1.807, 2.05) is 24.3 Å². The lowest BCUT2D eigenvalue weighted by Gasteiger charge is -2.27. The van der Waals surface area contributed by atoms with E-state index < -0.39 is 0 Å². The smallest absolute Gasteiger partial charge is 0.323 e. The van der Waals surface area contributed by atoms with E-state index in [1.54, 1.807) is 0 Å². The zero-order valence-corrected chi connectivity index (χ0v) is 21.3. The molecule has 0 bridgehead atoms. The number of esters is 1. The Labute approximate surface area is 209 Å². The van der Waals surface area contributed by atoms with Crippen molar-refractivity contribution in [2.24, 2.45) is 0 Å². The number of benzene rings is 2. The second-order valence-corrected chi connectivity index (χ2v) is 9.76. The summed E-state index contributed by atoms with van der Waals surface area (Å²) >= 11 is 0. The van der Waals surface area contributed by atoms with Gasteiger partial charge in [-0.05, 0) is 80.5 Å². The lowest BCUT2D eigenvalue weighted by atomic mass is 9.98. The molecule has 0 saturated carbocycles. The molecule has 2 aliphatic rings. The Balaban J connectivity index is 1.42. The molecule has 0 aromatic heterocycles. The molecule has 6 nitrogen and oxygen atoms in total. The van der Waals surface area contributed by atoms with Crippen molar-refractivity contribution in [1.29, 1.82) is 0 Å². The highest BCUT2D eigenvalue weighted by Crippen LogP contribution is 2.28. The number of aryl methyl sites for hydroxylation is 3. The fourth-order valence-electron chi connectivity index (χ4n) is 4.75. The third-order valence-electron chi connectivity index (χ3n) is 7.13. The number of carbonyl (C=O) groups excluding carboxylic acids is 1. The minimum absolute atomic E-state index is 0.145. The molecule has 0 spiro atoms. The van der Waals surface area contributed by atoms with Crippen molar-refractivity contribution < 1.29 is 19.0 Å². The van der Waals surface area contributed by atoms with E-state index in [0.717, 1.165) is 82.8 Å². The Bertz CT molecular complexity index is 951. The average Bonchev–Trinajstić information content (AvgIpc) is 2.89. The highest BCUT2D eigenvalue weighted by atomic mass is 16.5. The van der Waals surface area contributed by atoms with Crippen molar-refractivity contribution in [3.05, 3.63) is 64.7 Å². The van der Waals surface area contributed by atoms with Crippen LogP contribution in [0.15, 0.2) is 42.5 Å². The first-order valence-electron chi connectivity index (χ1n) is 13.1. The summed E-state index contributed by atoms with van der Waals surface area (Å²) in [5, 5.41) is 3.32. The lowest BCUT2D eigenvalue weighted by molar-refractivity contribution is -0.153. The highest BCUT2D eigenvalue weighted by Gasteiger charge is 2.26. The fourth-order valence-corrected chi connectivity index (χ4v) is 4.75. The molecule has 1 unspecified atom stereocenters. The number of morpholine rings is 1. The first-order chi connectivity index (χ1) is 17.1. The Kier molecular flexibility index (Phi) is 9.57. The molecular formula is C29H40N2O4. The van der Waals surface area contributed by atoms with Crippen molar-refractivity contribution in [3.8, 4) is 5.75 Å². The second-order valence-electron chi connectivity index (χ2n) is 9.76. The first-order valence-corrected chi connectivity index (χ1v) is 13.1. The van der Waals surface area contributed by atoms with Gasteiger partial charge in [0.15, 0.2) is 0 Å². The minimum atomic E-state index is -0.310. The van der Waals surface area contributed by atoms with E-state index in [4.69, 9.17) is 14.2 Å². The van der Waals surface area contributed by atoms with Gasteiger partial charge in [-0.25, -0.2) is 0 Å². The van der Waals surface area contributed by atoms with Crippen LogP contribution >= 0.6 is 0 Å². The van der Waals surface area contributed by atoms with Gasteiger partial charge in [-0.2, -0.15) is 0 Å². The van der Waals surface area contributed by atoms with Gasteiger partial charge in [0.25, 0.3) is 0 Å². The van der Waals surface area contributed by atoms with Crippen LogP contribution in [0.25, 0.3) is 0 Å². The summed E-state index contributed by atoms with van der Waals surface area (Å²) in [5.74, 6) is 0.673. The standard InChI is InChI=1S/C29H40N2O4/c1-22-9-10-24(20-23(22)2)11-12-28(35-29(32)27-8-3-4-13-30-27)25-6-5-7-26(21-25)34-19-16-31-14-17-33-18-15-31/h5-7,9-10,20-21,27-28,30H,3-4,8,11-19H2,1-2H3/t27-,28?/m0/s1. The summed E-state index contributed by atoms with van der Waals surface area (Å²) in [6, 6.07) is 14.4. The molecule has 4 rings (SSSR count). The molecule has 2 aliphatic heterocycles. The Morgan fingerprint density at radius 1 is 1.11 bits per heavy atom. The van der Waals surface area contributed by atoms with Crippen LogP contribution in [-0.4, -0.2) is 62.9 Å². The van der Waals surface area contributed by atoms with Crippen molar-refractivity contribution in [3.63, 3.8) is 0 Å². The summed E-state index contributed by atoms with van der Waals surface area (Å²) in [5.41, 5.74) is 4.84. The second kappa shape index (κ2) is 13.1. The fraction of sp³-hybridized carbons (Fsp3) is 0.552. The Morgan fingerprint density at radius 2 is 1.97 bits per heavy atom.